The first-order valence-corrected chi connectivity index (χ1v) is 11.1. The average molecular weight is 482 g/mol. The number of aromatic carboxylic acids is 2. The molecule has 2 aromatic carbocycles. The van der Waals surface area contributed by atoms with Crippen molar-refractivity contribution in [3.05, 3.63) is 115 Å². The van der Waals surface area contributed by atoms with Crippen molar-refractivity contribution in [3.8, 4) is 0 Å². The standard InChI is InChI=1S/2C13H9O3.Fe/c2*14-12(9-5-1-2-6-9)10-7-3-4-8-11(10)13(15)16;/h2*1,3-5,7-8H,2H2,(H,15,16);. The molecule has 0 atom stereocenters. The van der Waals surface area contributed by atoms with Gasteiger partial charge in [-0.3, -0.25) is 0 Å². The molecule has 0 fully saturated rings. The van der Waals surface area contributed by atoms with Gasteiger partial charge in [0.15, 0.2) is 0 Å². The van der Waals surface area contributed by atoms with E-state index >= 15 is 0 Å². The Morgan fingerprint density at radius 3 is 1.33 bits per heavy atom. The summed E-state index contributed by atoms with van der Waals surface area (Å²) >= 11 is 0.368. The Balaban J connectivity index is 1.68. The van der Waals surface area contributed by atoms with E-state index in [1.54, 1.807) is 36.4 Å². The van der Waals surface area contributed by atoms with E-state index < -0.39 is 11.9 Å². The Labute approximate surface area is 195 Å². The van der Waals surface area contributed by atoms with Gasteiger partial charge < -0.3 is 0 Å². The van der Waals surface area contributed by atoms with E-state index in [9.17, 15) is 29.4 Å². The van der Waals surface area contributed by atoms with Crippen molar-refractivity contribution in [1.29, 1.82) is 0 Å². The molecule has 166 valence electrons. The maximum absolute atomic E-state index is 13.2. The summed E-state index contributed by atoms with van der Waals surface area (Å²) in [5.41, 5.74) is 0.986. The van der Waals surface area contributed by atoms with Crippen LogP contribution in [0, 0.1) is 0 Å². The van der Waals surface area contributed by atoms with Crippen LogP contribution in [0.4, 0.5) is 0 Å². The first-order valence-electron chi connectivity index (χ1n) is 10.0. The summed E-state index contributed by atoms with van der Waals surface area (Å²) in [6.45, 7) is 0. The topological polar surface area (TPSA) is 109 Å². The van der Waals surface area contributed by atoms with Crippen molar-refractivity contribution in [1.82, 2.24) is 0 Å². The minimum absolute atomic E-state index is 0.0578. The van der Waals surface area contributed by atoms with Gasteiger partial charge in [-0.25, -0.2) is 0 Å². The molecule has 33 heavy (non-hydrogen) atoms. The number of allylic oxidation sites excluding steroid dienone is 8. The van der Waals surface area contributed by atoms with Gasteiger partial charge in [0, 0.05) is 0 Å². The van der Waals surface area contributed by atoms with E-state index in [4.69, 9.17) is 0 Å². The fourth-order valence-corrected chi connectivity index (χ4v) is 5.29. The number of carbonyl (C=O) groups is 4. The van der Waals surface area contributed by atoms with Gasteiger partial charge in [-0.2, -0.15) is 0 Å². The Morgan fingerprint density at radius 1 is 0.606 bits per heavy atom. The number of rotatable bonds is 8. The zero-order valence-corrected chi connectivity index (χ0v) is 18.3. The van der Waals surface area contributed by atoms with Crippen LogP contribution in [0.5, 0.6) is 0 Å². The van der Waals surface area contributed by atoms with Crippen LogP contribution in [0.1, 0.15) is 54.3 Å². The molecule has 0 bridgehead atoms. The summed E-state index contributed by atoms with van der Waals surface area (Å²) in [4.78, 5) is 49.4. The Morgan fingerprint density at radius 2 is 0.970 bits per heavy atom. The summed E-state index contributed by atoms with van der Waals surface area (Å²) in [5.74, 6) is -3.08. The van der Waals surface area contributed by atoms with Crippen LogP contribution in [-0.4, -0.2) is 33.7 Å². The Hall–Kier alpha value is -3.80. The quantitative estimate of drug-likeness (QED) is 0.419. The SMILES string of the molecule is O=C(O)c1ccccc1C(=O)C1=[C]([Fe][C]2=C(C(=O)c3ccccc3C(=O)O)C=CC2)CC=C1. The third-order valence-electron chi connectivity index (χ3n) is 5.23. The van der Waals surface area contributed by atoms with E-state index in [1.807, 2.05) is 12.2 Å². The van der Waals surface area contributed by atoms with E-state index in [0.717, 1.165) is 8.94 Å². The van der Waals surface area contributed by atoms with Crippen molar-refractivity contribution in [2.75, 3.05) is 0 Å². The number of Topliss-reactive ketones (excluding diaryl/α,β-unsaturated/α-hetero) is 2. The predicted octanol–water partition coefficient (Wildman–Crippen LogP) is 4.66. The molecule has 0 saturated carbocycles. The molecule has 4 rings (SSSR count). The van der Waals surface area contributed by atoms with E-state index in [0.29, 0.717) is 38.9 Å². The summed E-state index contributed by atoms with van der Waals surface area (Å²) in [6, 6.07) is 12.2. The number of carboxylic acids is 2. The minimum atomic E-state index is -1.17. The zero-order valence-electron chi connectivity index (χ0n) is 17.2. The third-order valence-corrected chi connectivity index (χ3v) is 6.94. The monoisotopic (exact) mass is 482 g/mol. The Kier molecular flexibility index (Phi) is 6.36. The van der Waals surface area contributed by atoms with Crippen molar-refractivity contribution in [3.63, 3.8) is 0 Å². The van der Waals surface area contributed by atoms with Crippen molar-refractivity contribution >= 4 is 23.5 Å². The fraction of sp³-hybridized carbons (Fsp3) is 0.0769. The second kappa shape index (κ2) is 9.36. The molecule has 7 heteroatoms. The molecule has 0 spiro atoms. The van der Waals surface area contributed by atoms with E-state index in [-0.39, 0.29) is 33.8 Å². The summed E-state index contributed by atoms with van der Waals surface area (Å²) < 4.78 is 1.60. The van der Waals surface area contributed by atoms with Crippen molar-refractivity contribution in [2.45, 2.75) is 12.8 Å². The molecular formula is C26H18FeO6. The third kappa shape index (κ3) is 4.42. The number of hydrogen-bond acceptors (Lipinski definition) is 4. The molecule has 0 saturated heterocycles. The van der Waals surface area contributed by atoms with Crippen molar-refractivity contribution in [2.24, 2.45) is 0 Å². The molecule has 0 unspecified atom stereocenters. The average Bonchev–Trinajstić information content (AvgIpc) is 3.48. The molecule has 2 aliphatic carbocycles. The molecule has 0 aromatic heterocycles. The molecule has 0 aliphatic heterocycles. The number of benzene rings is 2. The second-order valence-electron chi connectivity index (χ2n) is 7.27. The van der Waals surface area contributed by atoms with Gasteiger partial charge in [0.25, 0.3) is 0 Å². The number of carboxylic acid groups (broad SMARTS) is 2. The number of ketones is 2. The van der Waals surface area contributed by atoms with Gasteiger partial charge in [-0.1, -0.05) is 0 Å². The summed E-state index contributed by atoms with van der Waals surface area (Å²) in [6.07, 6.45) is 8.12. The van der Waals surface area contributed by atoms with Gasteiger partial charge in [0.1, 0.15) is 0 Å². The van der Waals surface area contributed by atoms with Gasteiger partial charge >= 0.3 is 196 Å². The van der Waals surface area contributed by atoms with Crippen LogP contribution < -0.4 is 0 Å². The molecular weight excluding hydrogens is 464 g/mol. The normalized spacial score (nSPS) is 14.9. The van der Waals surface area contributed by atoms with Crippen LogP contribution in [0.2, 0.25) is 0 Å². The zero-order chi connectivity index (χ0) is 23.5. The maximum atomic E-state index is 13.2. The number of carbonyl (C=O) groups excluding carboxylic acids is 2. The van der Waals surface area contributed by atoms with Crippen LogP contribution in [0.3, 0.4) is 0 Å². The first kappa shape index (κ1) is 22.4. The van der Waals surface area contributed by atoms with Crippen molar-refractivity contribution < 1.29 is 44.3 Å². The molecule has 2 aromatic rings. The molecule has 0 heterocycles. The summed E-state index contributed by atoms with van der Waals surface area (Å²) in [5, 5.41) is 18.9. The van der Waals surface area contributed by atoms with Crippen LogP contribution >= 0.6 is 0 Å². The fourth-order valence-electron chi connectivity index (χ4n) is 3.67. The predicted molar refractivity (Wildman–Crippen MR) is 117 cm³/mol. The molecule has 6 nitrogen and oxygen atoms in total. The van der Waals surface area contributed by atoms with Crippen LogP contribution in [-0.2, 0) is 15.0 Å². The van der Waals surface area contributed by atoms with Crippen LogP contribution in [0.25, 0.3) is 0 Å². The Bertz CT molecular complexity index is 1220. The van der Waals surface area contributed by atoms with Crippen LogP contribution in [0.15, 0.2) is 92.9 Å². The van der Waals surface area contributed by atoms with Gasteiger partial charge in [-0.15, -0.1) is 0 Å². The molecule has 0 radical (unpaired) electrons. The first-order chi connectivity index (χ1) is 15.9. The van der Waals surface area contributed by atoms with E-state index in [1.165, 1.54) is 24.3 Å². The summed E-state index contributed by atoms with van der Waals surface area (Å²) in [7, 11) is 0. The molecule has 0 amide bonds. The van der Waals surface area contributed by atoms with Gasteiger partial charge in [0.05, 0.1) is 0 Å². The molecule has 2 N–H and O–H groups in total. The number of hydrogen-bond donors (Lipinski definition) is 2. The van der Waals surface area contributed by atoms with E-state index in [2.05, 4.69) is 0 Å². The van der Waals surface area contributed by atoms with Gasteiger partial charge in [0.2, 0.25) is 0 Å². The second-order valence-corrected chi connectivity index (χ2v) is 8.88. The molecule has 2 aliphatic rings. The van der Waals surface area contributed by atoms with Gasteiger partial charge in [-0.05, 0) is 0 Å².